The summed E-state index contributed by atoms with van der Waals surface area (Å²) in [5.74, 6) is 0.670. The van der Waals surface area contributed by atoms with Crippen LogP contribution in [0.1, 0.15) is 38.0 Å². The fourth-order valence-corrected chi connectivity index (χ4v) is 2.71. The summed E-state index contributed by atoms with van der Waals surface area (Å²) in [7, 11) is 0. The number of carbonyl (C=O) groups is 1. The van der Waals surface area contributed by atoms with Crippen LogP contribution >= 0.6 is 27.5 Å². The lowest BCUT2D eigenvalue weighted by Crippen LogP contribution is -2.31. The molecule has 0 bridgehead atoms. The van der Waals surface area contributed by atoms with Crippen molar-refractivity contribution in [2.75, 3.05) is 6.54 Å². The Hall–Kier alpha value is -1.07. The van der Waals surface area contributed by atoms with Crippen molar-refractivity contribution in [1.82, 2.24) is 14.9 Å². The molecular formula is C14H17BrClN3O. The Morgan fingerprint density at radius 2 is 2.20 bits per heavy atom. The molecule has 0 aliphatic carbocycles. The summed E-state index contributed by atoms with van der Waals surface area (Å²) in [6.45, 7) is 6.22. The lowest BCUT2D eigenvalue weighted by atomic mass is 10.2. The van der Waals surface area contributed by atoms with Crippen molar-refractivity contribution in [3.8, 4) is 0 Å². The van der Waals surface area contributed by atoms with Crippen LogP contribution in [-0.2, 0) is 4.79 Å². The topological polar surface area (TPSA) is 46.9 Å². The third-order valence-electron chi connectivity index (χ3n) is 3.15. The molecule has 0 saturated heterocycles. The van der Waals surface area contributed by atoms with Crippen LogP contribution in [0, 0.1) is 0 Å². The van der Waals surface area contributed by atoms with E-state index in [1.54, 1.807) is 0 Å². The predicted molar refractivity (Wildman–Crippen MR) is 85.1 cm³/mol. The lowest BCUT2D eigenvalue weighted by molar-refractivity contribution is -0.123. The van der Waals surface area contributed by atoms with Gasteiger partial charge >= 0.3 is 0 Å². The van der Waals surface area contributed by atoms with Gasteiger partial charge in [0.1, 0.15) is 11.9 Å². The Balaban J connectivity index is 2.61. The van der Waals surface area contributed by atoms with Gasteiger partial charge in [0.15, 0.2) is 0 Å². The number of halogens is 2. The smallest absolute Gasteiger partial charge is 0.242 e. The Kier molecular flexibility index (Phi) is 4.70. The van der Waals surface area contributed by atoms with E-state index in [9.17, 15) is 4.79 Å². The number of alkyl halides is 1. The van der Waals surface area contributed by atoms with Crippen molar-refractivity contribution in [2.45, 2.75) is 32.2 Å². The summed E-state index contributed by atoms with van der Waals surface area (Å²) in [6.07, 6.45) is 0. The van der Waals surface area contributed by atoms with Gasteiger partial charge in [0, 0.05) is 11.0 Å². The van der Waals surface area contributed by atoms with E-state index in [4.69, 9.17) is 11.6 Å². The first-order chi connectivity index (χ1) is 9.45. The molecule has 2 rings (SSSR count). The third-order valence-corrected chi connectivity index (χ3v) is 3.84. The SMILES string of the molecule is CCNC(=O)C(C)n1c(C(C)Cl)nc2ccc(Br)cc21. The van der Waals surface area contributed by atoms with Crippen LogP contribution < -0.4 is 5.32 Å². The van der Waals surface area contributed by atoms with Crippen molar-refractivity contribution in [3.05, 3.63) is 28.5 Å². The first kappa shape index (κ1) is 15.3. The van der Waals surface area contributed by atoms with Gasteiger partial charge in [0.2, 0.25) is 5.91 Å². The number of imidazole rings is 1. The van der Waals surface area contributed by atoms with Crippen LogP contribution in [-0.4, -0.2) is 22.0 Å². The van der Waals surface area contributed by atoms with Gasteiger partial charge in [-0.1, -0.05) is 15.9 Å². The predicted octanol–water partition coefficient (Wildman–Crippen LogP) is 3.80. The number of likely N-dealkylation sites (N-methyl/N-ethyl adjacent to an activating group) is 1. The molecule has 4 nitrogen and oxygen atoms in total. The summed E-state index contributed by atoms with van der Waals surface area (Å²) in [4.78, 5) is 16.7. The average Bonchev–Trinajstić information content (AvgIpc) is 2.76. The molecule has 0 radical (unpaired) electrons. The standard InChI is InChI=1S/C14H17BrClN3O/c1-4-17-14(20)9(3)19-12-7-10(15)5-6-11(12)18-13(19)8(2)16/h5-9H,4H2,1-3H3,(H,17,20). The van der Waals surface area contributed by atoms with Gasteiger partial charge in [-0.25, -0.2) is 4.98 Å². The van der Waals surface area contributed by atoms with Crippen LogP contribution in [0.25, 0.3) is 11.0 Å². The lowest BCUT2D eigenvalue weighted by Gasteiger charge is -2.18. The van der Waals surface area contributed by atoms with Gasteiger partial charge in [-0.15, -0.1) is 11.6 Å². The van der Waals surface area contributed by atoms with E-state index in [1.807, 2.05) is 43.5 Å². The molecule has 0 aliphatic heterocycles. The second kappa shape index (κ2) is 6.14. The van der Waals surface area contributed by atoms with Crippen molar-refractivity contribution in [3.63, 3.8) is 0 Å². The van der Waals surface area contributed by atoms with Crippen LogP contribution in [0.5, 0.6) is 0 Å². The Morgan fingerprint density at radius 3 is 2.80 bits per heavy atom. The quantitative estimate of drug-likeness (QED) is 0.845. The van der Waals surface area contributed by atoms with Crippen molar-refractivity contribution < 1.29 is 4.79 Å². The van der Waals surface area contributed by atoms with Gasteiger partial charge in [-0.3, -0.25) is 4.79 Å². The van der Waals surface area contributed by atoms with Crippen molar-refractivity contribution in [2.24, 2.45) is 0 Å². The number of benzene rings is 1. The molecule has 2 aromatic rings. The van der Waals surface area contributed by atoms with Gasteiger partial charge in [0.05, 0.1) is 16.4 Å². The van der Waals surface area contributed by atoms with Crippen molar-refractivity contribution in [1.29, 1.82) is 0 Å². The summed E-state index contributed by atoms with van der Waals surface area (Å²) < 4.78 is 2.85. The molecule has 20 heavy (non-hydrogen) atoms. The van der Waals surface area contributed by atoms with E-state index in [0.717, 1.165) is 15.5 Å². The molecule has 0 fully saturated rings. The maximum Gasteiger partial charge on any atom is 0.242 e. The molecule has 108 valence electrons. The highest BCUT2D eigenvalue weighted by atomic mass is 79.9. The summed E-state index contributed by atoms with van der Waals surface area (Å²) >= 11 is 9.67. The second-order valence-corrected chi connectivity index (χ2v) is 6.23. The zero-order valence-corrected chi connectivity index (χ0v) is 14.0. The zero-order valence-electron chi connectivity index (χ0n) is 11.7. The number of nitrogens with zero attached hydrogens (tertiary/aromatic N) is 2. The average molecular weight is 359 g/mol. The van der Waals surface area contributed by atoms with Crippen LogP contribution in [0.15, 0.2) is 22.7 Å². The minimum atomic E-state index is -0.356. The molecule has 1 N–H and O–H groups in total. The van der Waals surface area contributed by atoms with E-state index in [1.165, 1.54) is 0 Å². The molecule has 0 aliphatic rings. The Labute approximate surface area is 131 Å². The highest BCUT2D eigenvalue weighted by molar-refractivity contribution is 9.10. The second-order valence-electron chi connectivity index (χ2n) is 4.66. The molecule has 1 heterocycles. The minimum Gasteiger partial charge on any atom is -0.355 e. The number of aromatic nitrogens is 2. The summed E-state index contributed by atoms with van der Waals surface area (Å²) in [5, 5.41) is 2.57. The number of hydrogen-bond acceptors (Lipinski definition) is 2. The van der Waals surface area contributed by atoms with Crippen molar-refractivity contribution >= 4 is 44.5 Å². The van der Waals surface area contributed by atoms with E-state index < -0.39 is 0 Å². The van der Waals surface area contributed by atoms with E-state index >= 15 is 0 Å². The van der Waals surface area contributed by atoms with E-state index in [2.05, 4.69) is 26.2 Å². The monoisotopic (exact) mass is 357 g/mol. The first-order valence-corrected chi connectivity index (χ1v) is 7.77. The molecule has 1 aromatic heterocycles. The fraction of sp³-hybridized carbons (Fsp3) is 0.429. The van der Waals surface area contributed by atoms with Gasteiger partial charge in [-0.2, -0.15) is 0 Å². The number of fused-ring (bicyclic) bond motifs is 1. The molecule has 0 spiro atoms. The molecule has 2 unspecified atom stereocenters. The normalized spacial score (nSPS) is 14.2. The largest absolute Gasteiger partial charge is 0.355 e. The zero-order chi connectivity index (χ0) is 14.9. The minimum absolute atomic E-state index is 0.0367. The summed E-state index contributed by atoms with van der Waals surface area (Å²) in [6, 6.07) is 5.45. The highest BCUT2D eigenvalue weighted by Crippen LogP contribution is 2.29. The van der Waals surface area contributed by atoms with Crippen LogP contribution in [0.2, 0.25) is 0 Å². The van der Waals surface area contributed by atoms with Gasteiger partial charge in [-0.05, 0) is 39.0 Å². The number of nitrogens with one attached hydrogen (secondary N) is 1. The maximum absolute atomic E-state index is 12.1. The molecule has 6 heteroatoms. The van der Waals surface area contributed by atoms with E-state index in [-0.39, 0.29) is 17.3 Å². The van der Waals surface area contributed by atoms with Gasteiger partial charge in [0.25, 0.3) is 0 Å². The van der Waals surface area contributed by atoms with Crippen LogP contribution in [0.4, 0.5) is 0 Å². The van der Waals surface area contributed by atoms with E-state index in [0.29, 0.717) is 12.4 Å². The fourth-order valence-electron chi connectivity index (χ4n) is 2.21. The number of rotatable bonds is 4. The molecule has 1 aromatic carbocycles. The Bertz CT molecular complexity index is 639. The third kappa shape index (κ3) is 2.83. The molecule has 0 saturated carbocycles. The molecule has 1 amide bonds. The molecular weight excluding hydrogens is 342 g/mol. The number of hydrogen-bond donors (Lipinski definition) is 1. The Morgan fingerprint density at radius 1 is 1.50 bits per heavy atom. The highest BCUT2D eigenvalue weighted by Gasteiger charge is 2.23. The maximum atomic E-state index is 12.1. The number of carbonyl (C=O) groups excluding carboxylic acids is 1. The first-order valence-electron chi connectivity index (χ1n) is 6.54. The number of amides is 1. The van der Waals surface area contributed by atoms with Gasteiger partial charge < -0.3 is 9.88 Å². The summed E-state index contributed by atoms with van der Waals surface area (Å²) in [5.41, 5.74) is 1.74. The molecule has 2 atom stereocenters. The van der Waals surface area contributed by atoms with Crippen LogP contribution in [0.3, 0.4) is 0 Å².